The summed E-state index contributed by atoms with van der Waals surface area (Å²) in [6, 6.07) is 15.7. The van der Waals surface area contributed by atoms with Crippen LogP contribution >= 0.6 is 0 Å². The lowest BCUT2D eigenvalue weighted by Gasteiger charge is -2.24. The highest BCUT2D eigenvalue weighted by molar-refractivity contribution is 7.87. The standard InChI is InChI=1S/C25H25F2NO5S/c1-17(2)34(30,31)33-24-13-19(9-12-23(24)32-3)16-28(15-18-7-10-21(26)11-8-18)25(29)20-5-4-6-22(27)14-20/h4-14,17H,15-16H2,1-3H3. The van der Waals surface area contributed by atoms with Gasteiger partial charge in [-0.2, -0.15) is 8.42 Å². The molecule has 0 saturated carbocycles. The van der Waals surface area contributed by atoms with Crippen LogP contribution in [-0.2, 0) is 23.2 Å². The van der Waals surface area contributed by atoms with E-state index < -0.39 is 32.9 Å². The molecule has 0 heterocycles. The summed E-state index contributed by atoms with van der Waals surface area (Å²) >= 11 is 0. The molecular weight excluding hydrogens is 464 g/mol. The summed E-state index contributed by atoms with van der Waals surface area (Å²) in [4.78, 5) is 14.7. The average Bonchev–Trinajstić information content (AvgIpc) is 2.79. The lowest BCUT2D eigenvalue weighted by molar-refractivity contribution is 0.0729. The maximum Gasteiger partial charge on any atom is 0.311 e. The highest BCUT2D eigenvalue weighted by Gasteiger charge is 2.22. The van der Waals surface area contributed by atoms with E-state index in [4.69, 9.17) is 8.92 Å². The monoisotopic (exact) mass is 489 g/mol. The molecule has 0 bridgehead atoms. The quantitative estimate of drug-likeness (QED) is 0.399. The zero-order valence-corrected chi connectivity index (χ0v) is 19.8. The number of halogens is 2. The highest BCUT2D eigenvalue weighted by atomic mass is 32.2. The third-order valence-electron chi connectivity index (χ3n) is 5.03. The predicted octanol–water partition coefficient (Wildman–Crippen LogP) is 4.93. The van der Waals surface area contributed by atoms with Gasteiger partial charge in [0.25, 0.3) is 5.91 Å². The Balaban J connectivity index is 1.95. The number of ether oxygens (including phenoxy) is 1. The number of carbonyl (C=O) groups is 1. The Morgan fingerprint density at radius 2 is 1.53 bits per heavy atom. The number of amides is 1. The summed E-state index contributed by atoms with van der Waals surface area (Å²) in [6.45, 7) is 3.15. The first-order chi connectivity index (χ1) is 16.1. The molecule has 0 aliphatic heterocycles. The average molecular weight is 490 g/mol. The molecule has 9 heteroatoms. The number of carbonyl (C=O) groups excluding carboxylic acids is 1. The van der Waals surface area contributed by atoms with Crippen molar-refractivity contribution in [3.63, 3.8) is 0 Å². The molecule has 0 spiro atoms. The topological polar surface area (TPSA) is 72.9 Å². The van der Waals surface area contributed by atoms with E-state index in [0.29, 0.717) is 11.1 Å². The van der Waals surface area contributed by atoms with Gasteiger partial charge in [-0.25, -0.2) is 8.78 Å². The van der Waals surface area contributed by atoms with Crippen LogP contribution in [0.3, 0.4) is 0 Å². The first-order valence-corrected chi connectivity index (χ1v) is 12.0. The molecule has 0 aliphatic rings. The second kappa shape index (κ2) is 10.6. The maximum atomic E-state index is 13.7. The summed E-state index contributed by atoms with van der Waals surface area (Å²) in [5.41, 5.74) is 1.37. The number of hydrogen-bond acceptors (Lipinski definition) is 5. The van der Waals surface area contributed by atoms with Gasteiger partial charge in [0.05, 0.1) is 12.4 Å². The van der Waals surface area contributed by atoms with Crippen LogP contribution in [-0.4, -0.2) is 31.6 Å². The van der Waals surface area contributed by atoms with Crippen molar-refractivity contribution in [3.8, 4) is 11.5 Å². The first kappa shape index (κ1) is 25.2. The molecule has 3 aromatic carbocycles. The van der Waals surface area contributed by atoms with E-state index in [9.17, 15) is 22.0 Å². The van der Waals surface area contributed by atoms with E-state index >= 15 is 0 Å². The van der Waals surface area contributed by atoms with Gasteiger partial charge in [-0.1, -0.05) is 24.3 Å². The van der Waals surface area contributed by atoms with Crippen molar-refractivity contribution < 1.29 is 30.9 Å². The highest BCUT2D eigenvalue weighted by Crippen LogP contribution is 2.31. The normalized spacial score (nSPS) is 11.4. The SMILES string of the molecule is COc1ccc(CN(Cc2ccc(F)cc2)C(=O)c2cccc(F)c2)cc1OS(=O)(=O)C(C)C. The van der Waals surface area contributed by atoms with Crippen LogP contribution in [0, 0.1) is 11.6 Å². The smallest absolute Gasteiger partial charge is 0.311 e. The Morgan fingerprint density at radius 3 is 2.15 bits per heavy atom. The fourth-order valence-corrected chi connectivity index (χ4v) is 3.71. The van der Waals surface area contributed by atoms with Crippen molar-refractivity contribution >= 4 is 16.0 Å². The van der Waals surface area contributed by atoms with Gasteiger partial charge in [-0.05, 0) is 67.4 Å². The summed E-state index contributed by atoms with van der Waals surface area (Å²) < 4.78 is 62.1. The number of methoxy groups -OCH3 is 1. The fraction of sp³-hybridized carbons (Fsp3) is 0.240. The van der Waals surface area contributed by atoms with Crippen molar-refractivity contribution in [2.45, 2.75) is 32.2 Å². The largest absolute Gasteiger partial charge is 0.493 e. The molecule has 1 amide bonds. The zero-order chi connectivity index (χ0) is 24.9. The van der Waals surface area contributed by atoms with E-state index in [0.717, 1.165) is 6.07 Å². The molecule has 0 atom stereocenters. The van der Waals surface area contributed by atoms with Crippen molar-refractivity contribution in [1.29, 1.82) is 0 Å². The fourth-order valence-electron chi connectivity index (χ4n) is 3.14. The van der Waals surface area contributed by atoms with Gasteiger partial charge in [-0.15, -0.1) is 0 Å². The summed E-state index contributed by atoms with van der Waals surface area (Å²) in [5, 5.41) is -0.773. The summed E-state index contributed by atoms with van der Waals surface area (Å²) in [7, 11) is -2.50. The molecule has 3 rings (SSSR count). The van der Waals surface area contributed by atoms with Gasteiger partial charge in [0, 0.05) is 18.7 Å². The lowest BCUT2D eigenvalue weighted by Crippen LogP contribution is -2.30. The van der Waals surface area contributed by atoms with Crippen molar-refractivity contribution in [2.75, 3.05) is 7.11 Å². The third-order valence-corrected chi connectivity index (χ3v) is 6.60. The summed E-state index contributed by atoms with van der Waals surface area (Å²) in [6.07, 6.45) is 0. The predicted molar refractivity (Wildman–Crippen MR) is 124 cm³/mol. The molecule has 180 valence electrons. The minimum atomic E-state index is -3.88. The molecule has 0 radical (unpaired) electrons. The van der Waals surface area contributed by atoms with Gasteiger partial charge in [0.2, 0.25) is 0 Å². The van der Waals surface area contributed by atoms with Crippen molar-refractivity contribution in [3.05, 3.63) is 95.1 Å². The lowest BCUT2D eigenvalue weighted by atomic mass is 10.1. The van der Waals surface area contributed by atoms with Gasteiger partial charge >= 0.3 is 10.1 Å². The van der Waals surface area contributed by atoms with Crippen LogP contribution in [0.1, 0.15) is 35.3 Å². The second-order valence-electron chi connectivity index (χ2n) is 7.91. The van der Waals surface area contributed by atoms with E-state index in [1.165, 1.54) is 62.3 Å². The minimum Gasteiger partial charge on any atom is -0.493 e. The molecule has 0 aliphatic carbocycles. The van der Waals surface area contributed by atoms with Crippen LogP contribution in [0.2, 0.25) is 0 Å². The Morgan fingerprint density at radius 1 is 0.882 bits per heavy atom. The van der Waals surface area contributed by atoms with E-state index in [1.807, 2.05) is 0 Å². The second-order valence-corrected chi connectivity index (χ2v) is 10.0. The van der Waals surface area contributed by atoms with Crippen LogP contribution in [0.4, 0.5) is 8.78 Å². The number of benzene rings is 3. The van der Waals surface area contributed by atoms with Crippen LogP contribution < -0.4 is 8.92 Å². The number of nitrogens with zero attached hydrogens (tertiary/aromatic N) is 1. The molecule has 0 saturated heterocycles. The molecule has 0 aromatic heterocycles. The van der Waals surface area contributed by atoms with Gasteiger partial charge in [0.15, 0.2) is 11.5 Å². The number of rotatable bonds is 9. The van der Waals surface area contributed by atoms with Gasteiger partial charge < -0.3 is 13.8 Å². The van der Waals surface area contributed by atoms with Crippen LogP contribution in [0.15, 0.2) is 66.7 Å². The molecular formula is C25H25F2NO5S. The van der Waals surface area contributed by atoms with E-state index in [1.54, 1.807) is 24.3 Å². The molecule has 6 nitrogen and oxygen atoms in total. The van der Waals surface area contributed by atoms with Crippen LogP contribution in [0.25, 0.3) is 0 Å². The van der Waals surface area contributed by atoms with Crippen molar-refractivity contribution in [2.24, 2.45) is 0 Å². The summed E-state index contributed by atoms with van der Waals surface area (Å²) in [5.74, 6) is -1.19. The Labute approximate surface area is 197 Å². The van der Waals surface area contributed by atoms with Crippen LogP contribution in [0.5, 0.6) is 11.5 Å². The van der Waals surface area contributed by atoms with E-state index in [-0.39, 0.29) is 30.2 Å². The van der Waals surface area contributed by atoms with Crippen molar-refractivity contribution in [1.82, 2.24) is 4.90 Å². The van der Waals surface area contributed by atoms with Gasteiger partial charge in [0.1, 0.15) is 11.6 Å². The molecule has 0 N–H and O–H groups in total. The Hall–Kier alpha value is -3.46. The molecule has 0 unspecified atom stereocenters. The minimum absolute atomic E-state index is 0.00589. The Kier molecular flexibility index (Phi) is 7.88. The first-order valence-electron chi connectivity index (χ1n) is 10.5. The third kappa shape index (κ3) is 6.32. The maximum absolute atomic E-state index is 13.7. The molecule has 3 aromatic rings. The van der Waals surface area contributed by atoms with Gasteiger partial charge in [-0.3, -0.25) is 4.79 Å². The molecule has 0 fully saturated rings. The number of hydrogen-bond donors (Lipinski definition) is 0. The Bertz CT molecular complexity index is 1260. The van der Waals surface area contributed by atoms with E-state index in [2.05, 4.69) is 0 Å². The molecule has 34 heavy (non-hydrogen) atoms. The zero-order valence-electron chi connectivity index (χ0n) is 19.0.